The highest BCUT2D eigenvalue weighted by molar-refractivity contribution is 6.21. The van der Waals surface area contributed by atoms with Crippen LogP contribution in [0, 0.1) is 11.3 Å². The molecule has 0 bridgehead atoms. The number of anilines is 4. The van der Waals surface area contributed by atoms with Gasteiger partial charge in [0.2, 0.25) is 5.91 Å². The molecule has 126 valence electrons. The third-order valence-corrected chi connectivity index (χ3v) is 3.31. The molecule has 0 atom stereocenters. The number of carbonyl (C=O) groups is 2. The van der Waals surface area contributed by atoms with Crippen molar-refractivity contribution in [3.63, 3.8) is 0 Å². The van der Waals surface area contributed by atoms with E-state index in [0.29, 0.717) is 22.7 Å². The molecule has 0 aromatic heterocycles. The summed E-state index contributed by atoms with van der Waals surface area (Å²) >= 11 is 0. The fraction of sp³-hybridized carbons (Fsp3) is 0.0556. The maximum atomic E-state index is 12.6. The highest BCUT2D eigenvalue weighted by Gasteiger charge is 2.23. The summed E-state index contributed by atoms with van der Waals surface area (Å²) in [5.74, 6) is -1.24. The first-order chi connectivity index (χ1) is 11.9. The van der Waals surface area contributed by atoms with Crippen molar-refractivity contribution in [2.75, 3.05) is 21.7 Å². The molecule has 25 heavy (non-hydrogen) atoms. The van der Waals surface area contributed by atoms with E-state index in [1.165, 1.54) is 25.3 Å². The number of benzene rings is 2. The smallest absolute Gasteiger partial charge is 0.277 e. The number of nitrogens with one attached hydrogen (secondary N) is 1. The molecule has 0 aliphatic heterocycles. The Kier molecular flexibility index (Phi) is 5.38. The van der Waals surface area contributed by atoms with Gasteiger partial charge in [-0.15, -0.1) is 0 Å². The Balaban J connectivity index is 2.27. The van der Waals surface area contributed by atoms with Crippen LogP contribution in [0.1, 0.15) is 6.92 Å². The summed E-state index contributed by atoms with van der Waals surface area (Å²) in [6, 6.07) is 14.8. The lowest BCUT2D eigenvalue weighted by atomic mass is 10.2. The summed E-state index contributed by atoms with van der Waals surface area (Å²) in [6.45, 7) is 1.25. The van der Waals surface area contributed by atoms with Gasteiger partial charge in [0.05, 0.1) is 5.69 Å². The van der Waals surface area contributed by atoms with E-state index in [0.717, 1.165) is 4.90 Å². The van der Waals surface area contributed by atoms with Crippen LogP contribution < -0.4 is 21.7 Å². The normalized spacial score (nSPS) is 10.6. The van der Waals surface area contributed by atoms with E-state index in [1.807, 2.05) is 0 Å². The van der Waals surface area contributed by atoms with Gasteiger partial charge in [0.15, 0.2) is 0 Å². The second-order valence-electron chi connectivity index (χ2n) is 5.19. The van der Waals surface area contributed by atoms with Crippen molar-refractivity contribution in [2.45, 2.75) is 6.92 Å². The van der Waals surface area contributed by atoms with Gasteiger partial charge in [-0.05, 0) is 48.5 Å². The van der Waals surface area contributed by atoms with Crippen LogP contribution in [0.3, 0.4) is 0 Å². The lowest BCUT2D eigenvalue weighted by Crippen LogP contribution is -2.36. The van der Waals surface area contributed by atoms with Gasteiger partial charge in [0.25, 0.3) is 5.91 Å². The van der Waals surface area contributed by atoms with Gasteiger partial charge in [-0.2, -0.15) is 5.26 Å². The van der Waals surface area contributed by atoms with Crippen LogP contribution in [0.4, 0.5) is 22.7 Å². The third-order valence-electron chi connectivity index (χ3n) is 3.31. The molecule has 2 aromatic carbocycles. The first-order valence-corrected chi connectivity index (χ1v) is 7.35. The van der Waals surface area contributed by atoms with E-state index >= 15 is 0 Å². The molecule has 2 aromatic rings. The fourth-order valence-electron chi connectivity index (χ4n) is 2.06. The molecule has 0 unspecified atom stereocenters. The van der Waals surface area contributed by atoms with Gasteiger partial charge in [-0.3, -0.25) is 9.59 Å². The van der Waals surface area contributed by atoms with Crippen molar-refractivity contribution >= 4 is 34.6 Å². The molecule has 0 spiro atoms. The molecular formula is C18H17N5O2. The molecule has 7 heteroatoms. The quantitative estimate of drug-likeness (QED) is 0.447. The van der Waals surface area contributed by atoms with E-state index in [4.69, 9.17) is 11.5 Å². The lowest BCUT2D eigenvalue weighted by molar-refractivity contribution is -0.123. The molecule has 0 fully saturated rings. The monoisotopic (exact) mass is 335 g/mol. The standard InChI is InChI=1S/C18H17N5O2/c1-12(24)23(17-8-4-15(21)5-9-17)18(25)13(10-19)11-22-16-6-2-14(20)3-7-16/h2-9,11,22H,20-21H2,1H3/b13-11-. The van der Waals surface area contributed by atoms with Gasteiger partial charge in [0, 0.05) is 30.2 Å². The number of nitrogens with zero attached hydrogens (tertiary/aromatic N) is 2. The largest absolute Gasteiger partial charge is 0.399 e. The van der Waals surface area contributed by atoms with Gasteiger partial charge >= 0.3 is 0 Å². The maximum absolute atomic E-state index is 12.6. The molecule has 0 aliphatic carbocycles. The Bertz CT molecular complexity index is 849. The molecular weight excluding hydrogens is 318 g/mol. The first kappa shape index (κ1) is 17.6. The van der Waals surface area contributed by atoms with Crippen LogP contribution in [0.15, 0.2) is 60.3 Å². The molecule has 2 amide bonds. The SMILES string of the molecule is CC(=O)N(C(=O)/C(C#N)=C\Nc1ccc(N)cc1)c1ccc(N)cc1. The van der Waals surface area contributed by atoms with E-state index in [-0.39, 0.29) is 5.57 Å². The van der Waals surface area contributed by atoms with Gasteiger partial charge in [-0.1, -0.05) is 0 Å². The summed E-state index contributed by atoms with van der Waals surface area (Å²) in [4.78, 5) is 25.4. The van der Waals surface area contributed by atoms with Gasteiger partial charge in [0.1, 0.15) is 11.6 Å². The highest BCUT2D eigenvalue weighted by Crippen LogP contribution is 2.19. The van der Waals surface area contributed by atoms with Crippen LogP contribution in [0.2, 0.25) is 0 Å². The second-order valence-corrected chi connectivity index (χ2v) is 5.19. The number of hydrogen-bond acceptors (Lipinski definition) is 6. The van der Waals surface area contributed by atoms with E-state index < -0.39 is 11.8 Å². The van der Waals surface area contributed by atoms with Crippen LogP contribution in [-0.4, -0.2) is 11.8 Å². The minimum Gasteiger partial charge on any atom is -0.399 e. The second kappa shape index (κ2) is 7.66. The van der Waals surface area contributed by atoms with Crippen LogP contribution in [-0.2, 0) is 9.59 Å². The average molecular weight is 335 g/mol. The molecule has 0 saturated carbocycles. The van der Waals surface area contributed by atoms with Crippen molar-refractivity contribution in [1.82, 2.24) is 0 Å². The number of nitrogen functional groups attached to an aromatic ring is 2. The van der Waals surface area contributed by atoms with Gasteiger partial charge < -0.3 is 16.8 Å². The Hall–Kier alpha value is -3.79. The molecule has 2 rings (SSSR count). The van der Waals surface area contributed by atoms with Crippen molar-refractivity contribution in [3.05, 3.63) is 60.3 Å². The number of amides is 2. The lowest BCUT2D eigenvalue weighted by Gasteiger charge is -2.19. The van der Waals surface area contributed by atoms with Gasteiger partial charge in [-0.25, -0.2) is 4.90 Å². The Morgan fingerprint density at radius 2 is 1.56 bits per heavy atom. The van der Waals surface area contributed by atoms with Crippen LogP contribution >= 0.6 is 0 Å². The molecule has 7 nitrogen and oxygen atoms in total. The van der Waals surface area contributed by atoms with E-state index in [9.17, 15) is 14.9 Å². The molecule has 0 saturated heterocycles. The topological polar surface area (TPSA) is 125 Å². The number of hydrogen-bond donors (Lipinski definition) is 3. The van der Waals surface area contributed by atoms with Crippen molar-refractivity contribution in [2.24, 2.45) is 0 Å². The summed E-state index contributed by atoms with van der Waals surface area (Å²) in [5, 5.41) is 12.1. The third kappa shape index (κ3) is 4.36. The summed E-state index contributed by atoms with van der Waals surface area (Å²) < 4.78 is 0. The molecule has 0 radical (unpaired) electrons. The average Bonchev–Trinajstić information content (AvgIpc) is 2.58. The zero-order valence-electron chi connectivity index (χ0n) is 13.6. The van der Waals surface area contributed by atoms with Crippen molar-refractivity contribution in [1.29, 1.82) is 5.26 Å². The Morgan fingerprint density at radius 1 is 1.04 bits per heavy atom. The zero-order chi connectivity index (χ0) is 18.4. The van der Waals surface area contributed by atoms with Crippen molar-refractivity contribution in [3.8, 4) is 6.07 Å². The number of rotatable bonds is 4. The maximum Gasteiger partial charge on any atom is 0.277 e. The Labute approximate surface area is 145 Å². The zero-order valence-corrected chi connectivity index (χ0v) is 13.6. The van der Waals surface area contributed by atoms with Crippen LogP contribution in [0.5, 0.6) is 0 Å². The number of carbonyl (C=O) groups excluding carboxylic acids is 2. The number of nitrogens with two attached hydrogens (primary N) is 2. The molecule has 0 aliphatic rings. The predicted molar refractivity (Wildman–Crippen MR) is 97.2 cm³/mol. The number of imide groups is 1. The van der Waals surface area contributed by atoms with Crippen LogP contribution in [0.25, 0.3) is 0 Å². The predicted octanol–water partition coefficient (Wildman–Crippen LogP) is 2.25. The molecule has 5 N–H and O–H groups in total. The summed E-state index contributed by atoms with van der Waals surface area (Å²) in [7, 11) is 0. The Morgan fingerprint density at radius 3 is 2.04 bits per heavy atom. The van der Waals surface area contributed by atoms with E-state index in [1.54, 1.807) is 42.5 Å². The number of nitriles is 1. The van der Waals surface area contributed by atoms with E-state index in [2.05, 4.69) is 5.32 Å². The summed E-state index contributed by atoms with van der Waals surface area (Å²) in [6.07, 6.45) is 1.25. The van der Waals surface area contributed by atoms with Crippen molar-refractivity contribution < 1.29 is 9.59 Å². The molecule has 0 heterocycles. The summed E-state index contributed by atoms with van der Waals surface area (Å²) in [5.41, 5.74) is 13.1. The fourth-order valence-corrected chi connectivity index (χ4v) is 2.06. The minimum absolute atomic E-state index is 0.219. The highest BCUT2D eigenvalue weighted by atomic mass is 16.2. The minimum atomic E-state index is -0.734. The first-order valence-electron chi connectivity index (χ1n) is 7.35.